The molecule has 2 saturated heterocycles. The molecule has 3 aromatic rings. The molecule has 0 spiro atoms. The molecule has 0 saturated carbocycles. The number of carbonyl (C=O) groups excluding carboxylic acids is 1. The Labute approximate surface area is 255 Å². The highest BCUT2D eigenvalue weighted by Gasteiger charge is 2.30. The zero-order valence-electron chi connectivity index (χ0n) is 22.5. The lowest BCUT2D eigenvalue weighted by molar-refractivity contribution is 0.0687. The van der Waals surface area contributed by atoms with Gasteiger partial charge in [0.2, 0.25) is 34.8 Å². The van der Waals surface area contributed by atoms with Gasteiger partial charge in [-0.05, 0) is 36.4 Å². The average molecular weight is 647 g/mol. The highest BCUT2D eigenvalue weighted by atomic mass is 19.2. The first-order valence-electron chi connectivity index (χ1n) is 12.4. The van der Waals surface area contributed by atoms with Crippen LogP contribution < -0.4 is 23.7 Å². The van der Waals surface area contributed by atoms with Gasteiger partial charge < -0.3 is 38.3 Å². The summed E-state index contributed by atoms with van der Waals surface area (Å²) in [6, 6.07) is 8.59. The van der Waals surface area contributed by atoms with Crippen LogP contribution in [0.4, 0.5) is 22.0 Å². The van der Waals surface area contributed by atoms with E-state index in [1.807, 2.05) is 0 Å². The van der Waals surface area contributed by atoms with E-state index >= 15 is 0 Å². The van der Waals surface area contributed by atoms with Gasteiger partial charge in [0.25, 0.3) is 0 Å². The number of rotatable bonds is 11. The number of benzene rings is 3. The largest absolute Gasteiger partial charge is 0.497 e. The summed E-state index contributed by atoms with van der Waals surface area (Å²) in [7, 11) is 2.78. The number of ether oxygens (including phenoxy) is 7. The molecule has 10 nitrogen and oxygen atoms in total. The van der Waals surface area contributed by atoms with Crippen molar-refractivity contribution in [3.8, 4) is 28.7 Å². The lowest BCUT2D eigenvalue weighted by Gasteiger charge is -2.13. The van der Waals surface area contributed by atoms with Crippen LogP contribution in [-0.2, 0) is 9.47 Å². The van der Waals surface area contributed by atoms with Gasteiger partial charge in [-0.2, -0.15) is 8.78 Å². The number of carboxylic acid groups (broad SMARTS) is 1. The molecule has 2 unspecified atom stereocenters. The fourth-order valence-electron chi connectivity index (χ4n) is 3.37. The normalized spacial score (nSPS) is 15.6. The van der Waals surface area contributed by atoms with Crippen LogP contribution in [0.5, 0.6) is 28.7 Å². The van der Waals surface area contributed by atoms with Crippen molar-refractivity contribution in [2.75, 3.05) is 40.6 Å². The molecule has 5 rings (SSSR count). The first-order chi connectivity index (χ1) is 20.5. The molecular weight excluding hydrogens is 615 g/mol. The maximum atomic E-state index is 13.7. The minimum Gasteiger partial charge on any atom is -0.497 e. The van der Waals surface area contributed by atoms with E-state index in [9.17, 15) is 31.5 Å². The Balaban J connectivity index is 0.000000337. The Morgan fingerprint density at radius 2 is 1.13 bits per heavy atom. The van der Waals surface area contributed by atoms with Crippen molar-refractivity contribution in [3.63, 3.8) is 0 Å². The van der Waals surface area contributed by atoms with Crippen LogP contribution in [0.3, 0.4) is 0 Å². The van der Waals surface area contributed by atoms with Gasteiger partial charge in [-0.15, -0.1) is 0 Å². The maximum Gasteiger partial charge on any atom is 0.347 e. The maximum absolute atomic E-state index is 13.7. The molecule has 0 aromatic heterocycles. The molecule has 15 heteroatoms. The van der Waals surface area contributed by atoms with Crippen molar-refractivity contribution in [2.24, 2.45) is 0 Å². The van der Waals surface area contributed by atoms with E-state index in [-0.39, 0.29) is 56.3 Å². The van der Waals surface area contributed by atoms with Crippen molar-refractivity contribution in [1.29, 1.82) is 0 Å². The third-order valence-electron chi connectivity index (χ3n) is 5.84. The van der Waals surface area contributed by atoms with E-state index in [0.717, 1.165) is 6.07 Å². The van der Waals surface area contributed by atoms with Gasteiger partial charge in [0, 0.05) is 0 Å². The van der Waals surface area contributed by atoms with Gasteiger partial charge in [-0.25, -0.2) is 22.8 Å². The Kier molecular flexibility index (Phi) is 12.9. The molecule has 3 aromatic carbocycles. The molecule has 0 amide bonds. The quantitative estimate of drug-likeness (QED) is 0.0679. The van der Waals surface area contributed by atoms with Gasteiger partial charge in [-0.3, -0.25) is 0 Å². The van der Waals surface area contributed by atoms with Crippen molar-refractivity contribution in [2.45, 2.75) is 27.1 Å². The second-order valence-electron chi connectivity index (χ2n) is 8.85. The van der Waals surface area contributed by atoms with E-state index in [1.54, 1.807) is 12.1 Å². The molecule has 1 N–H and O–H groups in total. The lowest BCUT2D eigenvalue weighted by Crippen LogP contribution is -2.16. The standard InChI is InChI=1S/C17H11F5O5.C11H12O5.2CH4/c1-24-7-2-3-10(26-6-8-5-25-8)9(4-7)17(23)27-16-14(21)12(19)11(18)13(20)15(16)22;1-14-7-2-3-10(9(4-7)11(12)13)16-6-8-5-15-8;;/h2-4,8H,5-6H2,1H3;2-4,8H,5-6H2,1H3,(H,12,13);2*1H4. The van der Waals surface area contributed by atoms with Crippen LogP contribution in [0.2, 0.25) is 0 Å². The second-order valence-corrected chi connectivity index (χ2v) is 8.85. The van der Waals surface area contributed by atoms with Gasteiger partial charge in [0.15, 0.2) is 0 Å². The Hall–Kier alpha value is -4.63. The SMILES string of the molecule is C.C.COc1ccc(OCC2CO2)c(C(=O)O)c1.COc1ccc(OCC2CO2)c(C(=O)Oc2c(F)c(F)c(F)c(F)c2F)c1. The monoisotopic (exact) mass is 646 g/mol. The van der Waals surface area contributed by atoms with Crippen molar-refractivity contribution >= 4 is 11.9 Å². The highest BCUT2D eigenvalue weighted by Crippen LogP contribution is 2.32. The molecule has 2 aliphatic heterocycles. The molecule has 2 atom stereocenters. The summed E-state index contributed by atoms with van der Waals surface area (Å²) < 4.78 is 102. The van der Waals surface area contributed by atoms with Crippen LogP contribution in [-0.4, -0.2) is 69.9 Å². The molecule has 2 aliphatic rings. The predicted molar refractivity (Wildman–Crippen MR) is 148 cm³/mol. The fraction of sp³-hybridized carbons (Fsp3) is 0.333. The first kappa shape index (κ1) is 36.6. The van der Waals surface area contributed by atoms with E-state index in [1.165, 1.54) is 32.4 Å². The number of hydrogen-bond donors (Lipinski definition) is 1. The Morgan fingerprint density at radius 3 is 1.53 bits per heavy atom. The van der Waals surface area contributed by atoms with Crippen molar-refractivity contribution in [3.05, 3.63) is 76.6 Å². The molecule has 45 heavy (non-hydrogen) atoms. The van der Waals surface area contributed by atoms with Crippen LogP contribution in [0, 0.1) is 29.1 Å². The van der Waals surface area contributed by atoms with Crippen LogP contribution >= 0.6 is 0 Å². The number of carbonyl (C=O) groups is 2. The molecule has 246 valence electrons. The molecular formula is C30H31F5O10. The summed E-state index contributed by atoms with van der Waals surface area (Å²) in [5.41, 5.74) is -0.237. The zero-order valence-corrected chi connectivity index (χ0v) is 22.5. The lowest BCUT2D eigenvalue weighted by atomic mass is 10.2. The first-order valence-corrected chi connectivity index (χ1v) is 12.4. The second kappa shape index (κ2) is 15.9. The van der Waals surface area contributed by atoms with Crippen LogP contribution in [0.1, 0.15) is 35.6 Å². The fourth-order valence-corrected chi connectivity index (χ4v) is 3.37. The number of halogens is 5. The van der Waals surface area contributed by atoms with Gasteiger partial charge in [0.1, 0.15) is 59.5 Å². The molecule has 2 fully saturated rings. The number of aromatic carboxylic acids is 1. The smallest absolute Gasteiger partial charge is 0.347 e. The predicted octanol–water partition coefficient (Wildman–Crippen LogP) is 5.83. The third-order valence-corrected chi connectivity index (χ3v) is 5.84. The highest BCUT2D eigenvalue weighted by molar-refractivity contribution is 5.94. The van der Waals surface area contributed by atoms with Crippen LogP contribution in [0.15, 0.2) is 36.4 Å². The van der Waals surface area contributed by atoms with E-state index in [2.05, 4.69) is 4.74 Å². The molecule has 0 bridgehead atoms. The van der Waals surface area contributed by atoms with E-state index < -0.39 is 46.8 Å². The minimum atomic E-state index is -2.36. The molecule has 0 aliphatic carbocycles. The Morgan fingerprint density at radius 1 is 0.733 bits per heavy atom. The number of esters is 1. The van der Waals surface area contributed by atoms with Crippen molar-refractivity contribution < 1.29 is 69.8 Å². The van der Waals surface area contributed by atoms with E-state index in [4.69, 9.17) is 33.5 Å². The minimum absolute atomic E-state index is 0. The summed E-state index contributed by atoms with van der Waals surface area (Å²) in [5, 5.41) is 9.00. The summed E-state index contributed by atoms with van der Waals surface area (Å²) in [4.78, 5) is 23.3. The average Bonchev–Trinajstić information content (AvgIpc) is 3.95. The molecule has 2 heterocycles. The zero-order chi connectivity index (χ0) is 31.3. The number of hydrogen-bond acceptors (Lipinski definition) is 9. The van der Waals surface area contributed by atoms with Crippen molar-refractivity contribution in [1.82, 2.24) is 0 Å². The third kappa shape index (κ3) is 9.18. The van der Waals surface area contributed by atoms with Gasteiger partial charge in [-0.1, -0.05) is 14.9 Å². The molecule has 0 radical (unpaired) electrons. The number of methoxy groups -OCH3 is 2. The summed E-state index contributed by atoms with van der Waals surface area (Å²) in [6.07, 6.45) is -0.0603. The van der Waals surface area contributed by atoms with E-state index in [0.29, 0.717) is 31.3 Å². The summed E-state index contributed by atoms with van der Waals surface area (Å²) in [6.45, 7) is 1.63. The summed E-state index contributed by atoms with van der Waals surface area (Å²) in [5.74, 6) is -14.5. The number of carboxylic acids is 1. The Bertz CT molecular complexity index is 1480. The topological polar surface area (TPSA) is 126 Å². The van der Waals surface area contributed by atoms with Crippen LogP contribution in [0.25, 0.3) is 0 Å². The summed E-state index contributed by atoms with van der Waals surface area (Å²) >= 11 is 0. The number of epoxide rings is 2. The van der Waals surface area contributed by atoms with Gasteiger partial charge in [0.05, 0.1) is 27.4 Å². The van der Waals surface area contributed by atoms with Gasteiger partial charge >= 0.3 is 11.9 Å².